The van der Waals surface area contributed by atoms with E-state index in [4.69, 9.17) is 18.1 Å². The Labute approximate surface area is 90.3 Å². The van der Waals surface area contributed by atoms with Crippen LogP contribution in [0.4, 0.5) is 0 Å². The minimum Gasteiger partial charge on any atom is -0.312 e. The van der Waals surface area contributed by atoms with Crippen LogP contribution in [-0.4, -0.2) is 40.8 Å². The van der Waals surface area contributed by atoms with E-state index in [9.17, 15) is 9.13 Å². The second kappa shape index (κ2) is 6.79. The standard InChI is InChI=1S/C7H18O6P2/c1-10-14(8,11-2)6-5-7-15(9,12-3)13-4/h5-7H2,1-4H3. The fraction of sp³-hybridized carbons (Fsp3) is 1.00. The molecule has 0 aliphatic carbocycles. The van der Waals surface area contributed by atoms with Crippen LogP contribution in [0.5, 0.6) is 0 Å². The molecule has 0 saturated carbocycles. The summed E-state index contributed by atoms with van der Waals surface area (Å²) in [6.45, 7) is 0. The fourth-order valence-corrected chi connectivity index (χ4v) is 3.34. The first kappa shape index (κ1) is 15.3. The molecule has 0 N–H and O–H groups in total. The van der Waals surface area contributed by atoms with Crippen LogP contribution < -0.4 is 0 Å². The summed E-state index contributed by atoms with van der Waals surface area (Å²) in [6, 6.07) is 0. The molecule has 0 fully saturated rings. The van der Waals surface area contributed by atoms with E-state index in [1.165, 1.54) is 28.4 Å². The zero-order valence-electron chi connectivity index (χ0n) is 9.47. The molecule has 0 spiro atoms. The zero-order chi connectivity index (χ0) is 11.9. The Hall–Kier alpha value is 0.300. The van der Waals surface area contributed by atoms with Gasteiger partial charge in [0.25, 0.3) is 0 Å². The lowest BCUT2D eigenvalue weighted by molar-refractivity contribution is 0.270. The summed E-state index contributed by atoms with van der Waals surface area (Å²) in [5, 5.41) is 0. The van der Waals surface area contributed by atoms with Gasteiger partial charge in [-0.3, -0.25) is 9.13 Å². The fourth-order valence-electron chi connectivity index (χ4n) is 0.972. The van der Waals surface area contributed by atoms with Crippen molar-refractivity contribution in [2.45, 2.75) is 6.42 Å². The van der Waals surface area contributed by atoms with Gasteiger partial charge in [-0.15, -0.1) is 0 Å². The Kier molecular flexibility index (Phi) is 6.93. The van der Waals surface area contributed by atoms with Gasteiger partial charge in [0.2, 0.25) is 0 Å². The van der Waals surface area contributed by atoms with E-state index in [0.29, 0.717) is 6.42 Å². The first-order chi connectivity index (χ1) is 6.95. The quantitative estimate of drug-likeness (QED) is 0.624. The van der Waals surface area contributed by atoms with Crippen LogP contribution in [0.15, 0.2) is 0 Å². The summed E-state index contributed by atoms with van der Waals surface area (Å²) in [7, 11) is -0.777. The molecular formula is C7H18O6P2. The lowest BCUT2D eigenvalue weighted by atomic mass is 10.6. The summed E-state index contributed by atoms with van der Waals surface area (Å²) in [4.78, 5) is 0. The lowest BCUT2D eigenvalue weighted by Gasteiger charge is -2.16. The highest BCUT2D eigenvalue weighted by molar-refractivity contribution is 7.54. The van der Waals surface area contributed by atoms with Crippen molar-refractivity contribution in [2.24, 2.45) is 0 Å². The van der Waals surface area contributed by atoms with Crippen molar-refractivity contribution in [1.82, 2.24) is 0 Å². The van der Waals surface area contributed by atoms with Crippen LogP contribution in [0.3, 0.4) is 0 Å². The molecule has 6 nitrogen and oxygen atoms in total. The topological polar surface area (TPSA) is 71.1 Å². The molecule has 0 heterocycles. The van der Waals surface area contributed by atoms with Crippen LogP contribution in [-0.2, 0) is 27.2 Å². The third-order valence-electron chi connectivity index (χ3n) is 1.98. The van der Waals surface area contributed by atoms with Crippen LogP contribution >= 0.6 is 15.2 Å². The van der Waals surface area contributed by atoms with Crippen molar-refractivity contribution in [3.05, 3.63) is 0 Å². The van der Waals surface area contributed by atoms with Gasteiger partial charge in [0.15, 0.2) is 0 Å². The van der Waals surface area contributed by atoms with Crippen LogP contribution in [0, 0.1) is 0 Å². The van der Waals surface area contributed by atoms with E-state index in [-0.39, 0.29) is 12.3 Å². The van der Waals surface area contributed by atoms with Crippen molar-refractivity contribution >= 4 is 15.2 Å². The number of rotatable bonds is 8. The Morgan fingerprint density at radius 3 is 1.20 bits per heavy atom. The van der Waals surface area contributed by atoms with Gasteiger partial charge in [0.1, 0.15) is 0 Å². The molecule has 0 aromatic rings. The summed E-state index contributed by atoms with van der Waals surface area (Å²) in [5.41, 5.74) is 0. The Morgan fingerprint density at radius 1 is 0.733 bits per heavy atom. The summed E-state index contributed by atoms with van der Waals surface area (Å²) >= 11 is 0. The van der Waals surface area contributed by atoms with Gasteiger partial charge < -0.3 is 18.1 Å². The van der Waals surface area contributed by atoms with E-state index in [2.05, 4.69) is 0 Å². The summed E-state index contributed by atoms with van der Waals surface area (Å²) < 4.78 is 42.1. The van der Waals surface area contributed by atoms with Gasteiger partial charge in [0.05, 0.1) is 12.3 Å². The molecule has 0 aromatic carbocycles. The number of hydrogen-bond donors (Lipinski definition) is 0. The first-order valence-corrected chi connectivity index (χ1v) is 7.82. The molecule has 0 radical (unpaired) electrons. The van der Waals surface area contributed by atoms with Crippen molar-refractivity contribution in [3.63, 3.8) is 0 Å². The molecule has 0 atom stereocenters. The van der Waals surface area contributed by atoms with E-state index < -0.39 is 15.2 Å². The largest absolute Gasteiger partial charge is 0.330 e. The van der Waals surface area contributed by atoms with Gasteiger partial charge >= 0.3 is 15.2 Å². The maximum absolute atomic E-state index is 11.6. The predicted molar refractivity (Wildman–Crippen MR) is 57.6 cm³/mol. The molecule has 0 unspecified atom stereocenters. The second-order valence-electron chi connectivity index (χ2n) is 2.75. The highest BCUT2D eigenvalue weighted by atomic mass is 31.2. The van der Waals surface area contributed by atoms with Crippen LogP contribution in [0.25, 0.3) is 0 Å². The van der Waals surface area contributed by atoms with Crippen molar-refractivity contribution in [3.8, 4) is 0 Å². The smallest absolute Gasteiger partial charge is 0.312 e. The van der Waals surface area contributed by atoms with Crippen molar-refractivity contribution < 1.29 is 27.2 Å². The summed E-state index contributed by atoms with van der Waals surface area (Å²) in [6.07, 6.45) is 0.769. The molecule has 0 amide bonds. The molecule has 0 aliphatic rings. The van der Waals surface area contributed by atoms with Gasteiger partial charge in [-0.05, 0) is 6.42 Å². The minimum atomic E-state index is -3.02. The average Bonchev–Trinajstić information content (AvgIpc) is 2.28. The molecule has 0 bridgehead atoms. The Balaban J connectivity index is 4.08. The molecule has 0 aromatic heterocycles. The average molecular weight is 260 g/mol. The highest BCUT2D eigenvalue weighted by Gasteiger charge is 2.25. The van der Waals surface area contributed by atoms with Crippen molar-refractivity contribution in [2.75, 3.05) is 40.8 Å². The maximum Gasteiger partial charge on any atom is 0.330 e. The van der Waals surface area contributed by atoms with E-state index in [1.807, 2.05) is 0 Å². The van der Waals surface area contributed by atoms with Gasteiger partial charge in [0, 0.05) is 28.4 Å². The van der Waals surface area contributed by atoms with Gasteiger partial charge in [-0.1, -0.05) is 0 Å². The molecule has 0 rings (SSSR count). The van der Waals surface area contributed by atoms with E-state index >= 15 is 0 Å². The van der Waals surface area contributed by atoms with E-state index in [1.54, 1.807) is 0 Å². The molecule has 92 valence electrons. The summed E-state index contributed by atoms with van der Waals surface area (Å²) in [5.74, 6) is 0. The van der Waals surface area contributed by atoms with Gasteiger partial charge in [-0.2, -0.15) is 0 Å². The lowest BCUT2D eigenvalue weighted by Crippen LogP contribution is -2.00. The van der Waals surface area contributed by atoms with E-state index in [0.717, 1.165) is 0 Å². The zero-order valence-corrected chi connectivity index (χ0v) is 11.3. The molecule has 0 aliphatic heterocycles. The minimum absolute atomic E-state index is 0.191. The molecule has 15 heavy (non-hydrogen) atoms. The molecule has 8 heteroatoms. The third-order valence-corrected chi connectivity index (χ3v) is 5.93. The normalized spacial score (nSPS) is 13.1. The predicted octanol–water partition coefficient (Wildman–Crippen LogP) is 2.35. The van der Waals surface area contributed by atoms with Crippen molar-refractivity contribution in [1.29, 1.82) is 0 Å². The SMILES string of the molecule is COP(=O)(CCCP(=O)(OC)OC)OC. The van der Waals surface area contributed by atoms with Gasteiger partial charge in [-0.25, -0.2) is 0 Å². The monoisotopic (exact) mass is 260 g/mol. The first-order valence-electron chi connectivity index (χ1n) is 4.36. The number of hydrogen-bond acceptors (Lipinski definition) is 6. The Bertz CT molecular complexity index is 224. The highest BCUT2D eigenvalue weighted by Crippen LogP contribution is 2.51. The van der Waals surface area contributed by atoms with Crippen LogP contribution in [0.1, 0.15) is 6.42 Å². The molecule has 0 saturated heterocycles. The second-order valence-corrected chi connectivity index (χ2v) is 7.55. The maximum atomic E-state index is 11.6. The third kappa shape index (κ3) is 5.25. The van der Waals surface area contributed by atoms with Crippen LogP contribution in [0.2, 0.25) is 0 Å². The molecular weight excluding hydrogens is 242 g/mol. The Morgan fingerprint density at radius 2 is 1.00 bits per heavy atom.